The third-order valence-corrected chi connectivity index (χ3v) is 3.25. The van der Waals surface area contributed by atoms with E-state index in [0.717, 1.165) is 5.56 Å². The lowest BCUT2D eigenvalue weighted by Crippen LogP contribution is -2.24. The van der Waals surface area contributed by atoms with Gasteiger partial charge in [0.15, 0.2) is 6.10 Å². The highest BCUT2D eigenvalue weighted by Crippen LogP contribution is 2.26. The number of aryl methyl sites for hydroxylation is 1. The van der Waals surface area contributed by atoms with E-state index in [1.54, 1.807) is 12.1 Å². The molecule has 1 aromatic rings. The molecular weight excluding hydrogens is 264 g/mol. The molecule has 0 radical (unpaired) electrons. The second kappa shape index (κ2) is 5.87. The average molecular weight is 280 g/mol. The summed E-state index contributed by atoms with van der Waals surface area (Å²) < 4.78 is 5.34. The van der Waals surface area contributed by atoms with Gasteiger partial charge in [-0.1, -0.05) is 6.07 Å². The molecule has 20 heavy (non-hydrogen) atoms. The molecule has 0 aromatic heterocycles. The summed E-state index contributed by atoms with van der Waals surface area (Å²) in [6.07, 6.45) is 0.0896. The van der Waals surface area contributed by atoms with E-state index in [1.807, 2.05) is 6.92 Å². The quantitative estimate of drug-likeness (QED) is 0.631. The van der Waals surface area contributed by atoms with Gasteiger partial charge in [-0.15, -0.1) is 0 Å². The van der Waals surface area contributed by atoms with Gasteiger partial charge in [-0.2, -0.15) is 0 Å². The number of hydrogen-bond donors (Lipinski definition) is 2. The van der Waals surface area contributed by atoms with Crippen LogP contribution in [-0.2, 0) is 9.53 Å². The van der Waals surface area contributed by atoms with Crippen LogP contribution >= 0.6 is 0 Å². The predicted molar refractivity (Wildman–Crippen MR) is 71.9 cm³/mol. The molecule has 0 bridgehead atoms. The van der Waals surface area contributed by atoms with Crippen LogP contribution < -0.4 is 5.32 Å². The van der Waals surface area contributed by atoms with E-state index in [0.29, 0.717) is 25.1 Å². The van der Waals surface area contributed by atoms with Crippen molar-refractivity contribution in [2.24, 2.45) is 0 Å². The third kappa shape index (κ3) is 3.24. The number of carboxylic acid groups (broad SMARTS) is 1. The second-order valence-corrected chi connectivity index (χ2v) is 4.82. The topological polar surface area (TPSA) is 102 Å². The standard InChI is InChI=1S/C13H16N2O5/c1-8-2-4-11(15(18)19)10(6-8)14-7-9-3-5-12(20-9)13(16)17/h2,4,6,9,12,14H,3,5,7H2,1H3,(H,16,17). The summed E-state index contributed by atoms with van der Waals surface area (Å²) in [5, 5.41) is 22.7. The van der Waals surface area contributed by atoms with Gasteiger partial charge >= 0.3 is 5.97 Å². The average Bonchev–Trinajstić information content (AvgIpc) is 2.85. The normalized spacial score (nSPS) is 21.6. The first-order chi connectivity index (χ1) is 9.47. The molecule has 1 fully saturated rings. The number of anilines is 1. The molecule has 7 nitrogen and oxygen atoms in total. The largest absolute Gasteiger partial charge is 0.479 e. The minimum atomic E-state index is -0.964. The number of aliphatic carboxylic acids is 1. The zero-order valence-corrected chi connectivity index (χ0v) is 11.0. The summed E-state index contributed by atoms with van der Waals surface area (Å²) in [6, 6.07) is 4.82. The fraction of sp³-hybridized carbons (Fsp3) is 0.462. The molecule has 1 aliphatic heterocycles. The van der Waals surface area contributed by atoms with Gasteiger partial charge in [-0.05, 0) is 31.4 Å². The van der Waals surface area contributed by atoms with Crippen molar-refractivity contribution in [1.29, 1.82) is 0 Å². The number of hydrogen-bond acceptors (Lipinski definition) is 5. The molecule has 2 atom stereocenters. The number of nitro groups is 1. The molecule has 2 N–H and O–H groups in total. The minimum absolute atomic E-state index is 0.00313. The molecule has 2 unspecified atom stereocenters. The summed E-state index contributed by atoms with van der Waals surface area (Å²) in [5.41, 5.74) is 1.34. The first kappa shape index (κ1) is 14.3. The molecule has 7 heteroatoms. The second-order valence-electron chi connectivity index (χ2n) is 4.82. The molecule has 1 saturated heterocycles. The van der Waals surface area contributed by atoms with Crippen LogP contribution in [0.5, 0.6) is 0 Å². The first-order valence-corrected chi connectivity index (χ1v) is 6.34. The molecular formula is C13H16N2O5. The fourth-order valence-corrected chi connectivity index (χ4v) is 2.21. The number of benzene rings is 1. The first-order valence-electron chi connectivity index (χ1n) is 6.34. The van der Waals surface area contributed by atoms with Crippen LogP contribution in [0.1, 0.15) is 18.4 Å². The highest BCUT2D eigenvalue weighted by Gasteiger charge is 2.30. The van der Waals surface area contributed by atoms with E-state index in [4.69, 9.17) is 9.84 Å². The van der Waals surface area contributed by atoms with Gasteiger partial charge in [-0.25, -0.2) is 4.79 Å². The number of nitrogens with one attached hydrogen (secondary N) is 1. The number of nitrogens with zero attached hydrogens (tertiary/aromatic N) is 1. The van der Waals surface area contributed by atoms with Crippen LogP contribution in [0.3, 0.4) is 0 Å². The summed E-state index contributed by atoms with van der Waals surface area (Å²) in [4.78, 5) is 21.3. The Labute approximate surface area is 115 Å². The Balaban J connectivity index is 1.99. The van der Waals surface area contributed by atoms with E-state index in [1.165, 1.54) is 6.07 Å². The monoisotopic (exact) mass is 280 g/mol. The maximum atomic E-state index is 10.9. The third-order valence-electron chi connectivity index (χ3n) is 3.25. The number of carboxylic acids is 1. The highest BCUT2D eigenvalue weighted by molar-refractivity contribution is 5.72. The molecule has 1 aliphatic rings. The number of ether oxygens (including phenoxy) is 1. The van der Waals surface area contributed by atoms with Gasteiger partial charge in [0.05, 0.1) is 11.0 Å². The van der Waals surface area contributed by atoms with E-state index < -0.39 is 17.0 Å². The number of rotatable bonds is 5. The van der Waals surface area contributed by atoms with Crippen molar-refractivity contribution in [1.82, 2.24) is 0 Å². The van der Waals surface area contributed by atoms with Gasteiger partial charge in [0.25, 0.3) is 5.69 Å². The van der Waals surface area contributed by atoms with Crippen molar-refractivity contribution in [3.05, 3.63) is 33.9 Å². The van der Waals surface area contributed by atoms with Crippen molar-refractivity contribution < 1.29 is 19.6 Å². The van der Waals surface area contributed by atoms with Crippen LogP contribution in [0.25, 0.3) is 0 Å². The maximum Gasteiger partial charge on any atom is 0.332 e. The van der Waals surface area contributed by atoms with E-state index in [9.17, 15) is 14.9 Å². The Morgan fingerprint density at radius 3 is 2.90 bits per heavy atom. The van der Waals surface area contributed by atoms with Crippen molar-refractivity contribution in [2.45, 2.75) is 32.0 Å². The lowest BCUT2D eigenvalue weighted by molar-refractivity contribution is -0.384. The number of carbonyl (C=O) groups is 1. The highest BCUT2D eigenvalue weighted by atomic mass is 16.6. The molecule has 1 aromatic carbocycles. The van der Waals surface area contributed by atoms with Crippen molar-refractivity contribution in [3.8, 4) is 0 Å². The molecule has 0 aliphatic carbocycles. The summed E-state index contributed by atoms with van der Waals surface area (Å²) in [5.74, 6) is -0.964. The van der Waals surface area contributed by atoms with Gasteiger partial charge < -0.3 is 15.2 Å². The summed E-state index contributed by atoms with van der Waals surface area (Å²) >= 11 is 0. The van der Waals surface area contributed by atoms with Crippen LogP contribution in [0.4, 0.5) is 11.4 Å². The molecule has 1 heterocycles. The number of nitro benzene ring substituents is 1. The SMILES string of the molecule is Cc1ccc([N+](=O)[O-])c(NCC2CCC(C(=O)O)O2)c1. The van der Waals surface area contributed by atoms with E-state index in [-0.39, 0.29) is 11.8 Å². The lowest BCUT2D eigenvalue weighted by atomic mass is 10.1. The van der Waals surface area contributed by atoms with Crippen LogP contribution in [-0.4, -0.2) is 34.8 Å². The Hall–Kier alpha value is -2.15. The van der Waals surface area contributed by atoms with Gasteiger partial charge in [-0.3, -0.25) is 10.1 Å². The Morgan fingerprint density at radius 2 is 2.30 bits per heavy atom. The summed E-state index contributed by atoms with van der Waals surface area (Å²) in [6.45, 7) is 2.20. The Bertz CT molecular complexity index is 531. The van der Waals surface area contributed by atoms with Crippen molar-refractivity contribution in [3.63, 3.8) is 0 Å². The molecule has 0 saturated carbocycles. The van der Waals surface area contributed by atoms with Crippen molar-refractivity contribution in [2.75, 3.05) is 11.9 Å². The predicted octanol–water partition coefficient (Wildman–Crippen LogP) is 1.95. The van der Waals surface area contributed by atoms with Crippen LogP contribution in [0.15, 0.2) is 18.2 Å². The van der Waals surface area contributed by atoms with Crippen LogP contribution in [0.2, 0.25) is 0 Å². The Morgan fingerprint density at radius 1 is 1.55 bits per heavy atom. The Kier molecular flexibility index (Phi) is 4.19. The molecule has 108 valence electrons. The van der Waals surface area contributed by atoms with Crippen LogP contribution in [0, 0.1) is 17.0 Å². The smallest absolute Gasteiger partial charge is 0.332 e. The zero-order valence-electron chi connectivity index (χ0n) is 11.0. The zero-order chi connectivity index (χ0) is 14.7. The molecule has 0 spiro atoms. The fourth-order valence-electron chi connectivity index (χ4n) is 2.21. The summed E-state index contributed by atoms with van der Waals surface area (Å²) in [7, 11) is 0. The van der Waals surface area contributed by atoms with Gasteiger partial charge in [0.1, 0.15) is 5.69 Å². The molecule has 2 rings (SSSR count). The molecule has 0 amide bonds. The lowest BCUT2D eigenvalue weighted by Gasteiger charge is -2.13. The van der Waals surface area contributed by atoms with Gasteiger partial charge in [0, 0.05) is 12.6 Å². The van der Waals surface area contributed by atoms with E-state index in [2.05, 4.69) is 5.32 Å². The minimum Gasteiger partial charge on any atom is -0.479 e. The van der Waals surface area contributed by atoms with Gasteiger partial charge in [0.2, 0.25) is 0 Å². The maximum absolute atomic E-state index is 10.9. The van der Waals surface area contributed by atoms with E-state index >= 15 is 0 Å². The van der Waals surface area contributed by atoms with Crippen molar-refractivity contribution >= 4 is 17.3 Å².